The highest BCUT2D eigenvalue weighted by atomic mass is 32.1. The summed E-state index contributed by atoms with van der Waals surface area (Å²) in [5, 5.41) is 0. The third kappa shape index (κ3) is 2.65. The summed E-state index contributed by atoms with van der Waals surface area (Å²) in [7, 11) is 0. The van der Waals surface area contributed by atoms with Gasteiger partial charge in [0.2, 0.25) is 0 Å². The lowest BCUT2D eigenvalue weighted by Crippen LogP contribution is -2.38. The van der Waals surface area contributed by atoms with Gasteiger partial charge in [-0.3, -0.25) is 4.79 Å². The van der Waals surface area contributed by atoms with E-state index in [2.05, 4.69) is 24.8 Å². The smallest absolute Gasteiger partial charge is 0.264 e. The van der Waals surface area contributed by atoms with E-state index in [1.54, 1.807) is 11.3 Å². The Labute approximate surface area is 126 Å². The van der Waals surface area contributed by atoms with E-state index in [0.717, 1.165) is 11.4 Å². The highest BCUT2D eigenvalue weighted by Crippen LogP contribution is 2.32. The molecule has 3 rings (SSSR count). The van der Waals surface area contributed by atoms with Crippen LogP contribution >= 0.6 is 11.3 Å². The van der Waals surface area contributed by atoms with E-state index in [4.69, 9.17) is 0 Å². The number of carbonyl (C=O) groups is 1. The highest BCUT2D eigenvalue weighted by molar-refractivity contribution is 7.14. The van der Waals surface area contributed by atoms with Crippen LogP contribution in [-0.2, 0) is 12.8 Å². The molecular weight excluding hydrogens is 266 g/mol. The Morgan fingerprint density at radius 3 is 2.85 bits per heavy atom. The van der Waals surface area contributed by atoms with Gasteiger partial charge in [-0.05, 0) is 56.1 Å². The molecule has 1 fully saturated rings. The molecule has 20 heavy (non-hydrogen) atoms. The molecule has 0 saturated carbocycles. The van der Waals surface area contributed by atoms with Gasteiger partial charge in [0, 0.05) is 17.5 Å². The molecule has 0 N–H and O–H groups in total. The van der Waals surface area contributed by atoms with Crippen molar-refractivity contribution in [2.75, 3.05) is 6.54 Å². The predicted molar refractivity (Wildman–Crippen MR) is 84.5 cm³/mol. The van der Waals surface area contributed by atoms with Crippen LogP contribution in [0.3, 0.4) is 0 Å². The molecule has 1 saturated heterocycles. The van der Waals surface area contributed by atoms with Crippen LogP contribution in [0.2, 0.25) is 0 Å². The van der Waals surface area contributed by atoms with Crippen molar-refractivity contribution in [2.45, 2.75) is 64.8 Å². The van der Waals surface area contributed by atoms with Crippen molar-refractivity contribution >= 4 is 17.2 Å². The first-order valence-electron chi connectivity index (χ1n) is 8.09. The second-order valence-electron chi connectivity index (χ2n) is 6.57. The largest absolute Gasteiger partial charge is 0.335 e. The normalized spacial score (nSPS) is 22.9. The summed E-state index contributed by atoms with van der Waals surface area (Å²) in [5.41, 5.74) is 1.45. The van der Waals surface area contributed by atoms with Gasteiger partial charge in [0.15, 0.2) is 0 Å². The molecule has 3 heteroatoms. The van der Waals surface area contributed by atoms with Crippen LogP contribution in [0.1, 0.15) is 66.1 Å². The molecule has 1 amide bonds. The molecule has 1 aliphatic carbocycles. The summed E-state index contributed by atoms with van der Waals surface area (Å²) in [4.78, 5) is 17.4. The van der Waals surface area contributed by atoms with Crippen molar-refractivity contribution in [3.63, 3.8) is 0 Å². The molecule has 2 nitrogen and oxygen atoms in total. The summed E-state index contributed by atoms with van der Waals surface area (Å²) >= 11 is 1.77. The number of rotatable bonds is 2. The van der Waals surface area contributed by atoms with Crippen molar-refractivity contribution in [2.24, 2.45) is 5.92 Å². The second-order valence-corrected chi connectivity index (χ2v) is 7.71. The molecule has 1 aromatic heterocycles. The number of hydrogen-bond acceptors (Lipinski definition) is 2. The second kappa shape index (κ2) is 5.88. The van der Waals surface area contributed by atoms with Crippen molar-refractivity contribution in [3.05, 3.63) is 21.4 Å². The summed E-state index contributed by atoms with van der Waals surface area (Å²) < 4.78 is 0. The maximum absolute atomic E-state index is 12.8. The van der Waals surface area contributed by atoms with Gasteiger partial charge in [-0.1, -0.05) is 20.3 Å². The average Bonchev–Trinajstić information content (AvgIpc) is 3.01. The van der Waals surface area contributed by atoms with E-state index < -0.39 is 0 Å². The lowest BCUT2D eigenvalue weighted by atomic mass is 10.0. The van der Waals surface area contributed by atoms with Gasteiger partial charge >= 0.3 is 0 Å². The molecule has 2 heterocycles. The molecular formula is C17H25NOS. The van der Waals surface area contributed by atoms with E-state index in [-0.39, 0.29) is 0 Å². The van der Waals surface area contributed by atoms with E-state index in [1.165, 1.54) is 55.4 Å². The van der Waals surface area contributed by atoms with E-state index in [9.17, 15) is 4.79 Å². The molecule has 1 aromatic rings. The van der Waals surface area contributed by atoms with Crippen molar-refractivity contribution in [3.8, 4) is 0 Å². The molecule has 1 atom stereocenters. The van der Waals surface area contributed by atoms with Gasteiger partial charge in [-0.2, -0.15) is 0 Å². The number of fused-ring (bicyclic) bond motifs is 1. The third-order valence-electron chi connectivity index (χ3n) is 4.79. The topological polar surface area (TPSA) is 20.3 Å². The van der Waals surface area contributed by atoms with Crippen molar-refractivity contribution < 1.29 is 4.79 Å². The molecule has 2 aliphatic rings. The minimum atomic E-state index is 0.291. The Hall–Kier alpha value is -0.830. The van der Waals surface area contributed by atoms with Gasteiger partial charge in [0.25, 0.3) is 5.91 Å². The fourth-order valence-electron chi connectivity index (χ4n) is 3.65. The minimum absolute atomic E-state index is 0.291. The quantitative estimate of drug-likeness (QED) is 0.745. The molecule has 0 bridgehead atoms. The molecule has 0 aromatic carbocycles. The van der Waals surface area contributed by atoms with E-state index in [1.807, 2.05) is 0 Å². The van der Waals surface area contributed by atoms with Crippen molar-refractivity contribution in [1.82, 2.24) is 4.90 Å². The third-order valence-corrected chi connectivity index (χ3v) is 6.01. The molecule has 0 spiro atoms. The Bertz CT molecular complexity index is 468. The zero-order valence-electron chi connectivity index (χ0n) is 12.7. The summed E-state index contributed by atoms with van der Waals surface area (Å²) in [6, 6.07) is 2.65. The van der Waals surface area contributed by atoms with Crippen LogP contribution in [-0.4, -0.2) is 23.4 Å². The summed E-state index contributed by atoms with van der Waals surface area (Å²) in [5.74, 6) is 0.860. The van der Waals surface area contributed by atoms with E-state index >= 15 is 0 Å². The Morgan fingerprint density at radius 2 is 2.05 bits per heavy atom. The standard InChI is InChI=1S/C17H25NOS/c1-12(2)14-8-6-10-18(14)17(19)16-11-13-7-4-3-5-9-15(13)20-16/h11-12,14H,3-10H2,1-2H3/t14-/m0/s1. The van der Waals surface area contributed by atoms with Gasteiger partial charge in [-0.25, -0.2) is 0 Å². The molecule has 1 aliphatic heterocycles. The highest BCUT2D eigenvalue weighted by Gasteiger charge is 2.32. The lowest BCUT2D eigenvalue weighted by Gasteiger charge is -2.27. The number of nitrogens with zero attached hydrogens (tertiary/aromatic N) is 1. The maximum atomic E-state index is 12.8. The predicted octanol–water partition coefficient (Wildman–Crippen LogP) is 4.28. The van der Waals surface area contributed by atoms with Crippen LogP contribution in [0.5, 0.6) is 0 Å². The van der Waals surface area contributed by atoms with Gasteiger partial charge in [0.1, 0.15) is 0 Å². The Morgan fingerprint density at radius 1 is 1.25 bits per heavy atom. The first kappa shape index (κ1) is 14.1. The first-order valence-corrected chi connectivity index (χ1v) is 8.91. The van der Waals surface area contributed by atoms with E-state index in [0.29, 0.717) is 17.9 Å². The SMILES string of the molecule is CC(C)[C@@H]1CCCN1C(=O)c1cc2c(s1)CCCCC2. The van der Waals surface area contributed by atoms with Gasteiger partial charge in [0.05, 0.1) is 4.88 Å². The maximum Gasteiger partial charge on any atom is 0.264 e. The summed E-state index contributed by atoms with van der Waals surface area (Å²) in [6.45, 7) is 5.42. The van der Waals surface area contributed by atoms with Crippen LogP contribution in [0, 0.1) is 5.92 Å². The number of hydrogen-bond donors (Lipinski definition) is 0. The van der Waals surface area contributed by atoms with Crippen LogP contribution in [0.15, 0.2) is 6.07 Å². The fourth-order valence-corrected chi connectivity index (χ4v) is 4.86. The molecule has 0 unspecified atom stereocenters. The van der Waals surface area contributed by atoms with Crippen molar-refractivity contribution in [1.29, 1.82) is 0 Å². The number of carbonyl (C=O) groups excluding carboxylic acids is 1. The monoisotopic (exact) mass is 291 g/mol. The summed E-state index contributed by atoms with van der Waals surface area (Å²) in [6.07, 6.45) is 8.61. The number of amides is 1. The first-order chi connectivity index (χ1) is 9.66. The number of thiophene rings is 1. The molecule has 110 valence electrons. The zero-order chi connectivity index (χ0) is 14.1. The van der Waals surface area contributed by atoms with Crippen LogP contribution in [0.25, 0.3) is 0 Å². The molecule has 0 radical (unpaired) electrons. The lowest BCUT2D eigenvalue weighted by molar-refractivity contribution is 0.0706. The average molecular weight is 291 g/mol. The number of aryl methyl sites for hydroxylation is 2. The minimum Gasteiger partial charge on any atom is -0.335 e. The Balaban J connectivity index is 1.80. The Kier molecular flexibility index (Phi) is 4.16. The fraction of sp³-hybridized carbons (Fsp3) is 0.706. The van der Waals surface area contributed by atoms with Crippen LogP contribution in [0.4, 0.5) is 0 Å². The zero-order valence-corrected chi connectivity index (χ0v) is 13.5. The van der Waals surface area contributed by atoms with Gasteiger partial charge in [-0.15, -0.1) is 11.3 Å². The number of likely N-dealkylation sites (tertiary alicyclic amines) is 1. The van der Waals surface area contributed by atoms with Crippen LogP contribution < -0.4 is 0 Å². The van der Waals surface area contributed by atoms with Gasteiger partial charge < -0.3 is 4.90 Å².